The van der Waals surface area contributed by atoms with E-state index in [2.05, 4.69) is 29.0 Å². The summed E-state index contributed by atoms with van der Waals surface area (Å²) in [6.07, 6.45) is 3.25. The van der Waals surface area contributed by atoms with Crippen LogP contribution < -0.4 is 5.32 Å². The smallest absolute Gasteiger partial charge is 0.254 e. The molecule has 110 valence electrons. The molecule has 0 radical (unpaired) electrons. The molecule has 1 saturated heterocycles. The van der Waals surface area contributed by atoms with Crippen LogP contribution in [-0.4, -0.2) is 34.4 Å². The number of hydrogen-bond acceptors (Lipinski definition) is 3. The molecule has 0 aromatic carbocycles. The van der Waals surface area contributed by atoms with Gasteiger partial charge in [0.2, 0.25) is 0 Å². The molecule has 0 aliphatic carbocycles. The Morgan fingerprint density at radius 3 is 2.80 bits per heavy atom. The third kappa shape index (κ3) is 2.94. The van der Waals surface area contributed by atoms with E-state index < -0.39 is 0 Å². The molecule has 4 nitrogen and oxygen atoms in total. The van der Waals surface area contributed by atoms with Gasteiger partial charge < -0.3 is 10.2 Å². The highest BCUT2D eigenvalue weighted by Crippen LogP contribution is 2.28. The number of nitrogens with one attached hydrogen (secondary N) is 1. The molecule has 4 heteroatoms. The fraction of sp³-hybridized carbons (Fsp3) is 0.625. The van der Waals surface area contributed by atoms with Gasteiger partial charge in [-0.15, -0.1) is 0 Å². The standard InChI is InChI=1S/C16H25N3O/c1-5-14-8-7-12(4)19(14)16(20)13-9-11(3)18-15(10-13)17-6-2/h9-10,12,14H,5-8H2,1-4H3,(H,17,18). The van der Waals surface area contributed by atoms with E-state index in [-0.39, 0.29) is 5.91 Å². The second kappa shape index (κ2) is 6.25. The van der Waals surface area contributed by atoms with Crippen LogP contribution in [-0.2, 0) is 0 Å². The zero-order chi connectivity index (χ0) is 14.7. The molecule has 1 aliphatic rings. The average molecular weight is 275 g/mol. The van der Waals surface area contributed by atoms with E-state index in [4.69, 9.17) is 0 Å². The summed E-state index contributed by atoms with van der Waals surface area (Å²) < 4.78 is 0. The molecule has 2 rings (SSSR count). The van der Waals surface area contributed by atoms with E-state index in [1.165, 1.54) is 0 Å². The highest BCUT2D eigenvalue weighted by molar-refractivity contribution is 5.95. The molecule has 1 N–H and O–H groups in total. The van der Waals surface area contributed by atoms with Crippen molar-refractivity contribution in [2.45, 2.75) is 59.0 Å². The first-order valence-electron chi connectivity index (χ1n) is 7.62. The van der Waals surface area contributed by atoms with Gasteiger partial charge in [0.05, 0.1) is 0 Å². The maximum Gasteiger partial charge on any atom is 0.254 e. The molecule has 1 aromatic rings. The summed E-state index contributed by atoms with van der Waals surface area (Å²) in [5.74, 6) is 0.933. The Balaban J connectivity index is 2.28. The number of aromatic nitrogens is 1. The van der Waals surface area contributed by atoms with E-state index >= 15 is 0 Å². The topological polar surface area (TPSA) is 45.2 Å². The second-order valence-electron chi connectivity index (χ2n) is 5.61. The van der Waals surface area contributed by atoms with Crippen molar-refractivity contribution in [2.75, 3.05) is 11.9 Å². The summed E-state index contributed by atoms with van der Waals surface area (Å²) in [5.41, 5.74) is 1.63. The van der Waals surface area contributed by atoms with Crippen molar-refractivity contribution in [1.82, 2.24) is 9.88 Å². The Morgan fingerprint density at radius 1 is 1.40 bits per heavy atom. The number of amides is 1. The molecule has 1 aliphatic heterocycles. The van der Waals surface area contributed by atoms with Crippen LogP contribution in [0.3, 0.4) is 0 Å². The molecule has 2 atom stereocenters. The third-order valence-electron chi connectivity index (χ3n) is 4.05. The minimum atomic E-state index is 0.145. The number of hydrogen-bond donors (Lipinski definition) is 1. The summed E-state index contributed by atoms with van der Waals surface area (Å²) in [6.45, 7) is 9.07. The van der Waals surface area contributed by atoms with Crippen LogP contribution in [0.25, 0.3) is 0 Å². The predicted molar refractivity (Wildman–Crippen MR) is 82.1 cm³/mol. The molecule has 0 bridgehead atoms. The Kier molecular flexibility index (Phi) is 4.63. The normalized spacial score (nSPS) is 22.1. The van der Waals surface area contributed by atoms with Crippen LogP contribution in [0.2, 0.25) is 0 Å². The molecule has 1 amide bonds. The Hall–Kier alpha value is -1.58. The molecule has 0 saturated carbocycles. The summed E-state index contributed by atoms with van der Waals surface area (Å²) in [5, 5.41) is 3.19. The molecular weight excluding hydrogens is 250 g/mol. The van der Waals surface area contributed by atoms with Crippen molar-refractivity contribution in [1.29, 1.82) is 0 Å². The number of anilines is 1. The van der Waals surface area contributed by atoms with Gasteiger partial charge >= 0.3 is 0 Å². The van der Waals surface area contributed by atoms with Crippen molar-refractivity contribution >= 4 is 11.7 Å². The monoisotopic (exact) mass is 275 g/mol. The molecule has 1 aromatic heterocycles. The lowest BCUT2D eigenvalue weighted by Crippen LogP contribution is -2.39. The van der Waals surface area contributed by atoms with Crippen molar-refractivity contribution in [2.24, 2.45) is 0 Å². The fourth-order valence-electron chi connectivity index (χ4n) is 3.05. The molecule has 1 fully saturated rings. The highest BCUT2D eigenvalue weighted by Gasteiger charge is 2.33. The third-order valence-corrected chi connectivity index (χ3v) is 4.05. The van der Waals surface area contributed by atoms with Crippen molar-refractivity contribution < 1.29 is 4.79 Å². The van der Waals surface area contributed by atoms with Crippen LogP contribution in [0.4, 0.5) is 5.82 Å². The SMILES string of the molecule is CCNc1cc(C(=O)N2C(C)CCC2CC)cc(C)n1. The van der Waals surface area contributed by atoms with Gasteiger partial charge in [-0.2, -0.15) is 0 Å². The number of carbonyl (C=O) groups excluding carboxylic acids is 1. The lowest BCUT2D eigenvalue weighted by Gasteiger charge is -2.28. The number of nitrogens with zero attached hydrogens (tertiary/aromatic N) is 2. The molecule has 2 unspecified atom stereocenters. The van der Waals surface area contributed by atoms with Gasteiger partial charge in [0.1, 0.15) is 5.82 Å². The number of pyridine rings is 1. The zero-order valence-electron chi connectivity index (χ0n) is 12.9. The Bertz CT molecular complexity index is 487. The van der Waals surface area contributed by atoms with Gasteiger partial charge in [-0.05, 0) is 52.2 Å². The first kappa shape index (κ1) is 14.8. The van der Waals surface area contributed by atoms with Crippen LogP contribution in [0.5, 0.6) is 0 Å². The maximum atomic E-state index is 12.8. The van der Waals surface area contributed by atoms with Gasteiger partial charge in [-0.3, -0.25) is 4.79 Å². The highest BCUT2D eigenvalue weighted by atomic mass is 16.2. The number of aryl methyl sites for hydroxylation is 1. The van der Waals surface area contributed by atoms with Crippen LogP contribution in [0.1, 0.15) is 56.1 Å². The largest absolute Gasteiger partial charge is 0.370 e. The molecule has 20 heavy (non-hydrogen) atoms. The lowest BCUT2D eigenvalue weighted by molar-refractivity contribution is 0.0676. The van der Waals surface area contributed by atoms with Crippen molar-refractivity contribution in [3.05, 3.63) is 23.4 Å². The van der Waals surface area contributed by atoms with E-state index in [9.17, 15) is 4.79 Å². The lowest BCUT2D eigenvalue weighted by atomic mass is 10.1. The summed E-state index contributed by atoms with van der Waals surface area (Å²) in [6, 6.07) is 4.48. The average Bonchev–Trinajstić information content (AvgIpc) is 2.78. The Labute approximate surface area is 121 Å². The van der Waals surface area contributed by atoms with Crippen molar-refractivity contribution in [3.63, 3.8) is 0 Å². The summed E-state index contributed by atoms with van der Waals surface area (Å²) in [4.78, 5) is 19.3. The van der Waals surface area contributed by atoms with Gasteiger partial charge in [0.15, 0.2) is 0 Å². The number of carbonyl (C=O) groups is 1. The van der Waals surface area contributed by atoms with E-state index in [0.29, 0.717) is 12.1 Å². The minimum absolute atomic E-state index is 0.145. The minimum Gasteiger partial charge on any atom is -0.370 e. The van der Waals surface area contributed by atoms with E-state index in [0.717, 1.165) is 42.9 Å². The van der Waals surface area contributed by atoms with E-state index in [1.54, 1.807) is 0 Å². The molecular formula is C16H25N3O. The maximum absolute atomic E-state index is 12.8. The molecule has 2 heterocycles. The fourth-order valence-corrected chi connectivity index (χ4v) is 3.05. The number of likely N-dealkylation sites (tertiary alicyclic amines) is 1. The van der Waals surface area contributed by atoms with Crippen molar-refractivity contribution in [3.8, 4) is 0 Å². The summed E-state index contributed by atoms with van der Waals surface area (Å²) >= 11 is 0. The van der Waals surface area contributed by atoms with Gasteiger partial charge in [-0.1, -0.05) is 6.92 Å². The van der Waals surface area contributed by atoms with Gasteiger partial charge in [0, 0.05) is 29.9 Å². The summed E-state index contributed by atoms with van der Waals surface area (Å²) in [7, 11) is 0. The Morgan fingerprint density at radius 2 is 2.15 bits per heavy atom. The van der Waals surface area contributed by atoms with Gasteiger partial charge in [-0.25, -0.2) is 4.98 Å². The second-order valence-corrected chi connectivity index (χ2v) is 5.61. The van der Waals surface area contributed by atoms with Crippen LogP contribution in [0.15, 0.2) is 12.1 Å². The first-order valence-corrected chi connectivity index (χ1v) is 7.62. The van der Waals surface area contributed by atoms with Gasteiger partial charge in [0.25, 0.3) is 5.91 Å². The predicted octanol–water partition coefficient (Wildman–Crippen LogP) is 3.22. The first-order chi connectivity index (χ1) is 9.56. The molecule has 0 spiro atoms. The van der Waals surface area contributed by atoms with Crippen LogP contribution >= 0.6 is 0 Å². The van der Waals surface area contributed by atoms with Crippen LogP contribution in [0, 0.1) is 6.92 Å². The number of rotatable bonds is 4. The quantitative estimate of drug-likeness (QED) is 0.917. The van der Waals surface area contributed by atoms with E-state index in [1.807, 2.05) is 26.0 Å². The zero-order valence-corrected chi connectivity index (χ0v) is 12.9.